The van der Waals surface area contributed by atoms with Gasteiger partial charge < -0.3 is 9.84 Å². The largest absolute Gasteiger partial charge is 0.469 e. The second kappa shape index (κ2) is 8.32. The fraction of sp³-hybridized carbons (Fsp3) is 0.889. The first-order valence-electron chi connectivity index (χ1n) is 4.51. The Morgan fingerprint density at radius 1 is 1.46 bits per heavy atom. The summed E-state index contributed by atoms with van der Waals surface area (Å²) in [5, 5.41) is 9.27. The van der Waals surface area contributed by atoms with Crippen molar-refractivity contribution in [2.75, 3.05) is 13.0 Å². The molecule has 0 aromatic carbocycles. The van der Waals surface area contributed by atoms with Gasteiger partial charge in [0.05, 0.1) is 13.2 Å². The molecule has 0 fully saturated rings. The fourth-order valence-corrected chi connectivity index (χ4v) is 1.27. The van der Waals surface area contributed by atoms with Gasteiger partial charge in [0, 0.05) is 12.3 Å². The van der Waals surface area contributed by atoms with Crippen LogP contribution in [-0.4, -0.2) is 30.2 Å². The average molecular weight is 209 g/mol. The van der Waals surface area contributed by atoms with Crippen molar-refractivity contribution in [3.8, 4) is 0 Å². The van der Waals surface area contributed by atoms with Crippen molar-refractivity contribution >= 4 is 17.6 Å². The SMILES string of the molecule is COC(=O)CCCC[C@@H](O)CCCl. The molecule has 78 valence electrons. The summed E-state index contributed by atoms with van der Waals surface area (Å²) in [6, 6.07) is 0. The van der Waals surface area contributed by atoms with E-state index in [0.717, 1.165) is 12.8 Å². The predicted molar refractivity (Wildman–Crippen MR) is 51.8 cm³/mol. The van der Waals surface area contributed by atoms with Crippen LogP contribution in [0.4, 0.5) is 0 Å². The fourth-order valence-electron chi connectivity index (χ4n) is 1.02. The molecule has 0 saturated heterocycles. The van der Waals surface area contributed by atoms with Crippen LogP contribution in [0.25, 0.3) is 0 Å². The quantitative estimate of drug-likeness (QED) is 0.394. The highest BCUT2D eigenvalue weighted by Crippen LogP contribution is 2.07. The third-order valence-corrected chi connectivity index (χ3v) is 2.06. The highest BCUT2D eigenvalue weighted by Gasteiger charge is 2.04. The molecule has 0 aromatic heterocycles. The Kier molecular flexibility index (Phi) is 8.14. The number of methoxy groups -OCH3 is 1. The molecule has 0 bridgehead atoms. The molecule has 0 amide bonds. The van der Waals surface area contributed by atoms with Crippen LogP contribution >= 0.6 is 11.6 Å². The standard InChI is InChI=1S/C9H17ClO3/c1-13-9(12)5-3-2-4-8(11)6-7-10/h8,11H,2-7H2,1H3/t8-/m1/s1. The van der Waals surface area contributed by atoms with E-state index < -0.39 is 0 Å². The number of hydrogen-bond acceptors (Lipinski definition) is 3. The van der Waals surface area contributed by atoms with Crippen molar-refractivity contribution < 1.29 is 14.6 Å². The molecule has 0 unspecified atom stereocenters. The number of hydrogen-bond donors (Lipinski definition) is 1. The Morgan fingerprint density at radius 3 is 2.69 bits per heavy atom. The summed E-state index contributed by atoms with van der Waals surface area (Å²) >= 11 is 5.45. The minimum absolute atomic E-state index is 0.188. The number of alkyl halides is 1. The molecule has 0 radical (unpaired) electrons. The topological polar surface area (TPSA) is 46.5 Å². The van der Waals surface area contributed by atoms with E-state index in [1.54, 1.807) is 0 Å². The second-order valence-electron chi connectivity index (χ2n) is 2.95. The van der Waals surface area contributed by atoms with Crippen LogP contribution in [-0.2, 0) is 9.53 Å². The van der Waals surface area contributed by atoms with Crippen LogP contribution in [0.2, 0.25) is 0 Å². The van der Waals surface area contributed by atoms with Gasteiger partial charge in [-0.15, -0.1) is 11.6 Å². The molecule has 0 spiro atoms. The zero-order valence-corrected chi connectivity index (χ0v) is 8.72. The minimum atomic E-state index is -0.324. The minimum Gasteiger partial charge on any atom is -0.469 e. The number of carbonyl (C=O) groups excluding carboxylic acids is 1. The van der Waals surface area contributed by atoms with E-state index in [1.165, 1.54) is 7.11 Å². The van der Waals surface area contributed by atoms with E-state index in [2.05, 4.69) is 4.74 Å². The van der Waals surface area contributed by atoms with Gasteiger partial charge in [-0.25, -0.2) is 0 Å². The third-order valence-electron chi connectivity index (χ3n) is 1.84. The summed E-state index contributed by atoms with van der Waals surface area (Å²) in [7, 11) is 1.38. The Hall–Kier alpha value is -0.280. The maximum absolute atomic E-state index is 10.7. The lowest BCUT2D eigenvalue weighted by Gasteiger charge is -2.07. The van der Waals surface area contributed by atoms with E-state index in [1.807, 2.05) is 0 Å². The third kappa shape index (κ3) is 8.06. The van der Waals surface area contributed by atoms with Crippen molar-refractivity contribution in [3.63, 3.8) is 0 Å². The lowest BCUT2D eigenvalue weighted by Crippen LogP contribution is -2.07. The van der Waals surface area contributed by atoms with E-state index in [4.69, 9.17) is 11.6 Å². The number of carbonyl (C=O) groups is 1. The number of rotatable bonds is 7. The molecule has 13 heavy (non-hydrogen) atoms. The maximum atomic E-state index is 10.7. The molecule has 0 aliphatic rings. The van der Waals surface area contributed by atoms with Gasteiger partial charge in [-0.3, -0.25) is 4.79 Å². The van der Waals surface area contributed by atoms with Gasteiger partial charge in [-0.05, 0) is 19.3 Å². The zero-order chi connectivity index (χ0) is 10.1. The van der Waals surface area contributed by atoms with E-state index in [-0.39, 0.29) is 12.1 Å². The van der Waals surface area contributed by atoms with Gasteiger partial charge in [-0.2, -0.15) is 0 Å². The smallest absolute Gasteiger partial charge is 0.305 e. The molecular weight excluding hydrogens is 192 g/mol. The predicted octanol–water partition coefficient (Wildman–Crippen LogP) is 1.71. The van der Waals surface area contributed by atoms with Crippen LogP contribution < -0.4 is 0 Å². The van der Waals surface area contributed by atoms with E-state index >= 15 is 0 Å². The molecular formula is C9H17ClO3. The highest BCUT2D eigenvalue weighted by atomic mass is 35.5. The number of ether oxygens (including phenoxy) is 1. The van der Waals surface area contributed by atoms with Crippen LogP contribution in [0, 0.1) is 0 Å². The summed E-state index contributed by atoms with van der Waals surface area (Å²) in [4.78, 5) is 10.7. The number of esters is 1. The van der Waals surface area contributed by atoms with Crippen molar-refractivity contribution in [3.05, 3.63) is 0 Å². The molecule has 1 atom stereocenters. The summed E-state index contributed by atoms with van der Waals surface area (Å²) < 4.78 is 4.48. The maximum Gasteiger partial charge on any atom is 0.305 e. The first-order chi connectivity index (χ1) is 6.20. The van der Waals surface area contributed by atoms with Gasteiger partial charge >= 0.3 is 5.97 Å². The first kappa shape index (κ1) is 12.7. The molecule has 0 aromatic rings. The molecule has 1 N–H and O–H groups in total. The summed E-state index contributed by atoms with van der Waals surface area (Å²) in [6.45, 7) is 0. The van der Waals surface area contributed by atoms with Crippen molar-refractivity contribution in [2.24, 2.45) is 0 Å². The first-order valence-corrected chi connectivity index (χ1v) is 5.05. The normalized spacial score (nSPS) is 12.5. The van der Waals surface area contributed by atoms with E-state index in [9.17, 15) is 9.90 Å². The second-order valence-corrected chi connectivity index (χ2v) is 3.33. The van der Waals surface area contributed by atoms with Gasteiger partial charge in [0.2, 0.25) is 0 Å². The van der Waals surface area contributed by atoms with Crippen LogP contribution in [0.5, 0.6) is 0 Å². The molecule has 0 rings (SSSR count). The Morgan fingerprint density at radius 2 is 2.15 bits per heavy atom. The monoisotopic (exact) mass is 208 g/mol. The van der Waals surface area contributed by atoms with Gasteiger partial charge in [0.15, 0.2) is 0 Å². The van der Waals surface area contributed by atoms with Gasteiger partial charge in [-0.1, -0.05) is 6.42 Å². The van der Waals surface area contributed by atoms with Gasteiger partial charge in [0.25, 0.3) is 0 Å². The Bertz CT molecular complexity index is 139. The average Bonchev–Trinajstić information content (AvgIpc) is 2.12. The lowest BCUT2D eigenvalue weighted by molar-refractivity contribution is -0.140. The number of aliphatic hydroxyl groups excluding tert-OH is 1. The number of unbranched alkanes of at least 4 members (excludes halogenated alkanes) is 1. The van der Waals surface area contributed by atoms with Crippen LogP contribution in [0.15, 0.2) is 0 Å². The molecule has 0 heterocycles. The lowest BCUT2D eigenvalue weighted by atomic mass is 10.1. The van der Waals surface area contributed by atoms with Gasteiger partial charge in [0.1, 0.15) is 0 Å². The molecule has 0 saturated carbocycles. The summed E-state index contributed by atoms with van der Waals surface area (Å²) in [5.74, 6) is 0.296. The summed E-state index contributed by atoms with van der Waals surface area (Å²) in [6.07, 6.45) is 3.06. The van der Waals surface area contributed by atoms with Crippen LogP contribution in [0.1, 0.15) is 32.1 Å². The molecule has 3 nitrogen and oxygen atoms in total. The van der Waals surface area contributed by atoms with Crippen molar-refractivity contribution in [2.45, 2.75) is 38.2 Å². The number of halogens is 1. The molecule has 4 heteroatoms. The van der Waals surface area contributed by atoms with Crippen molar-refractivity contribution in [1.29, 1.82) is 0 Å². The molecule has 0 aliphatic heterocycles. The van der Waals surface area contributed by atoms with Crippen molar-refractivity contribution in [1.82, 2.24) is 0 Å². The number of aliphatic hydroxyl groups is 1. The summed E-state index contributed by atoms with van der Waals surface area (Å²) in [5.41, 5.74) is 0. The van der Waals surface area contributed by atoms with Crippen LogP contribution in [0.3, 0.4) is 0 Å². The highest BCUT2D eigenvalue weighted by molar-refractivity contribution is 6.17. The molecule has 0 aliphatic carbocycles. The Balaban J connectivity index is 3.20. The van der Waals surface area contributed by atoms with E-state index in [0.29, 0.717) is 25.1 Å². The zero-order valence-electron chi connectivity index (χ0n) is 7.96. The Labute approximate surface area is 84.0 Å².